The summed E-state index contributed by atoms with van der Waals surface area (Å²) >= 11 is 0. The molecule has 0 bridgehead atoms. The van der Waals surface area contributed by atoms with Crippen LogP contribution in [0.15, 0.2) is 27.4 Å². The van der Waals surface area contributed by atoms with Crippen LogP contribution in [0.5, 0.6) is 0 Å². The first-order valence-electron chi connectivity index (χ1n) is 7.99. The smallest absolute Gasteiger partial charge is 0.388 e. The summed E-state index contributed by atoms with van der Waals surface area (Å²) in [5, 5.41) is 11.9. The fraction of sp³-hybridized carbons (Fsp3) is 0.500. The summed E-state index contributed by atoms with van der Waals surface area (Å²) in [4.78, 5) is 11.1. The molecule has 10 heteroatoms. The van der Waals surface area contributed by atoms with Crippen LogP contribution in [0.3, 0.4) is 0 Å². The molecule has 26 heavy (non-hydrogen) atoms. The number of aromatic nitrogens is 2. The molecular weight excluding hydrogens is 373 g/mol. The number of nitrogens with one attached hydrogen (secondary N) is 3. The van der Waals surface area contributed by atoms with Gasteiger partial charge in [0.2, 0.25) is 5.89 Å². The topological polar surface area (TPSA) is 83.0 Å². The van der Waals surface area contributed by atoms with Gasteiger partial charge in [0.1, 0.15) is 0 Å². The minimum absolute atomic E-state index is 0. The number of piperidine rings is 1. The number of anilines is 1. The van der Waals surface area contributed by atoms with Crippen LogP contribution in [0.25, 0.3) is 11.5 Å². The van der Waals surface area contributed by atoms with Crippen molar-refractivity contribution in [2.24, 2.45) is 5.41 Å². The number of H-pyrrole nitrogens is 1. The molecule has 0 atom stereocenters. The lowest BCUT2D eigenvalue weighted by atomic mass is 9.81. The highest BCUT2D eigenvalue weighted by atomic mass is 35.5. The fourth-order valence-corrected chi connectivity index (χ4v) is 2.94. The molecule has 1 aromatic heterocycles. The highest BCUT2D eigenvalue weighted by Gasteiger charge is 2.35. The molecule has 2 heterocycles. The monoisotopic (exact) mass is 392 g/mol. The van der Waals surface area contributed by atoms with E-state index in [2.05, 4.69) is 27.8 Å². The van der Waals surface area contributed by atoms with Crippen molar-refractivity contribution in [2.75, 3.05) is 25.0 Å². The summed E-state index contributed by atoms with van der Waals surface area (Å²) in [7, 11) is 0. The minimum Gasteiger partial charge on any atom is -0.388 e. The normalized spacial score (nSPS) is 16.8. The van der Waals surface area contributed by atoms with Crippen LogP contribution < -0.4 is 16.4 Å². The molecule has 144 valence electrons. The Balaban J connectivity index is 0.00000243. The molecule has 0 amide bonds. The number of aromatic amines is 1. The van der Waals surface area contributed by atoms with E-state index in [1.807, 2.05) is 0 Å². The van der Waals surface area contributed by atoms with E-state index in [0.29, 0.717) is 12.1 Å². The summed E-state index contributed by atoms with van der Waals surface area (Å²) in [6.07, 6.45) is -2.72. The van der Waals surface area contributed by atoms with Gasteiger partial charge in [-0.1, -0.05) is 6.92 Å². The number of benzene rings is 1. The quantitative estimate of drug-likeness (QED) is 0.743. The average molecular weight is 393 g/mol. The van der Waals surface area contributed by atoms with Crippen molar-refractivity contribution in [3.63, 3.8) is 0 Å². The highest BCUT2D eigenvalue weighted by molar-refractivity contribution is 5.85. The molecule has 2 aromatic rings. The minimum atomic E-state index is -4.48. The van der Waals surface area contributed by atoms with E-state index < -0.39 is 17.5 Å². The number of rotatable bonds is 4. The summed E-state index contributed by atoms with van der Waals surface area (Å²) < 4.78 is 44.7. The predicted molar refractivity (Wildman–Crippen MR) is 93.5 cm³/mol. The third-order valence-corrected chi connectivity index (χ3v) is 4.53. The molecule has 1 saturated heterocycles. The van der Waals surface area contributed by atoms with E-state index in [1.165, 1.54) is 12.1 Å². The Kier molecular flexibility index (Phi) is 6.02. The summed E-state index contributed by atoms with van der Waals surface area (Å²) in [5.41, 5.74) is -0.588. The number of nitrogens with zero attached hydrogens (tertiary/aromatic N) is 1. The molecule has 6 nitrogen and oxygen atoms in total. The average Bonchev–Trinajstić information content (AvgIpc) is 2.99. The first-order valence-corrected chi connectivity index (χ1v) is 7.99. The van der Waals surface area contributed by atoms with Crippen LogP contribution in [0.1, 0.15) is 25.3 Å². The lowest BCUT2D eigenvalue weighted by Crippen LogP contribution is -2.39. The fourth-order valence-electron chi connectivity index (χ4n) is 2.94. The molecule has 1 aliphatic rings. The second-order valence-corrected chi connectivity index (χ2v) is 6.59. The SMILES string of the molecule is CC1(CNc2cc(-c3n[nH]c(=O)o3)ccc2C(F)(F)F)CCNCC1.Cl. The molecule has 3 N–H and O–H groups in total. The van der Waals surface area contributed by atoms with Crippen LogP contribution in [0.4, 0.5) is 18.9 Å². The van der Waals surface area contributed by atoms with Gasteiger partial charge in [-0.15, -0.1) is 17.5 Å². The Morgan fingerprint density at radius 2 is 2.00 bits per heavy atom. The van der Waals surface area contributed by atoms with Crippen molar-refractivity contribution in [1.29, 1.82) is 0 Å². The van der Waals surface area contributed by atoms with Gasteiger partial charge in [-0.3, -0.25) is 0 Å². The predicted octanol–water partition coefficient (Wildman–Crippen LogP) is 3.27. The van der Waals surface area contributed by atoms with Gasteiger partial charge >= 0.3 is 11.9 Å². The number of alkyl halides is 3. The van der Waals surface area contributed by atoms with Crippen molar-refractivity contribution in [1.82, 2.24) is 15.5 Å². The van der Waals surface area contributed by atoms with Gasteiger partial charge < -0.3 is 15.1 Å². The van der Waals surface area contributed by atoms with E-state index in [9.17, 15) is 18.0 Å². The summed E-state index contributed by atoms with van der Waals surface area (Å²) in [6, 6.07) is 3.52. The van der Waals surface area contributed by atoms with Crippen molar-refractivity contribution in [3.05, 3.63) is 34.3 Å². The van der Waals surface area contributed by atoms with E-state index in [-0.39, 0.29) is 29.4 Å². The highest BCUT2D eigenvalue weighted by Crippen LogP contribution is 2.38. The first-order chi connectivity index (χ1) is 11.8. The maximum atomic E-state index is 13.3. The van der Waals surface area contributed by atoms with E-state index in [1.54, 1.807) is 0 Å². The Labute approximate surface area is 154 Å². The molecule has 1 aromatic carbocycles. The molecule has 1 aliphatic heterocycles. The molecule has 3 rings (SSSR count). The summed E-state index contributed by atoms with van der Waals surface area (Å²) in [6.45, 7) is 4.18. The molecule has 0 unspecified atom stereocenters. The Hall–Kier alpha value is -2.00. The van der Waals surface area contributed by atoms with Crippen LogP contribution in [0, 0.1) is 5.41 Å². The maximum Gasteiger partial charge on any atom is 0.434 e. The van der Waals surface area contributed by atoms with Crippen LogP contribution in [-0.2, 0) is 6.18 Å². The van der Waals surface area contributed by atoms with Crippen LogP contribution in [-0.4, -0.2) is 29.8 Å². The van der Waals surface area contributed by atoms with Crippen molar-refractivity contribution >= 4 is 18.1 Å². The molecular formula is C16H20ClF3N4O2. The Morgan fingerprint density at radius 3 is 2.58 bits per heavy atom. The molecule has 1 fully saturated rings. The zero-order valence-electron chi connectivity index (χ0n) is 14.1. The largest absolute Gasteiger partial charge is 0.434 e. The third kappa shape index (κ3) is 4.59. The number of hydrogen-bond acceptors (Lipinski definition) is 5. The van der Waals surface area contributed by atoms with Gasteiger partial charge in [-0.05, 0) is 49.5 Å². The van der Waals surface area contributed by atoms with Crippen molar-refractivity contribution in [2.45, 2.75) is 25.9 Å². The van der Waals surface area contributed by atoms with Gasteiger partial charge in [0.05, 0.1) is 5.56 Å². The zero-order chi connectivity index (χ0) is 18.1. The second kappa shape index (κ2) is 7.71. The first kappa shape index (κ1) is 20.3. The zero-order valence-corrected chi connectivity index (χ0v) is 14.9. The second-order valence-electron chi connectivity index (χ2n) is 6.59. The molecule has 0 aliphatic carbocycles. The molecule has 0 spiro atoms. The Morgan fingerprint density at radius 1 is 1.31 bits per heavy atom. The standard InChI is InChI=1S/C16H19F3N4O2.ClH/c1-15(4-6-20-7-5-15)9-21-12-8-10(13-22-23-14(24)25-13)2-3-11(12)16(17,18)19;/h2-3,8,20-21H,4-7,9H2,1H3,(H,23,24);1H. The number of halogens is 4. The van der Waals surface area contributed by atoms with E-state index >= 15 is 0 Å². The van der Waals surface area contributed by atoms with E-state index in [4.69, 9.17) is 4.42 Å². The van der Waals surface area contributed by atoms with Gasteiger partial charge in [0, 0.05) is 17.8 Å². The van der Waals surface area contributed by atoms with Crippen molar-refractivity contribution < 1.29 is 17.6 Å². The molecule has 0 saturated carbocycles. The van der Waals surface area contributed by atoms with Gasteiger partial charge in [0.15, 0.2) is 0 Å². The lowest BCUT2D eigenvalue weighted by Gasteiger charge is -2.34. The van der Waals surface area contributed by atoms with Crippen molar-refractivity contribution in [3.8, 4) is 11.5 Å². The lowest BCUT2D eigenvalue weighted by molar-refractivity contribution is -0.137. The summed E-state index contributed by atoms with van der Waals surface area (Å²) in [5.74, 6) is -0.804. The van der Waals surface area contributed by atoms with Crippen LogP contribution in [0.2, 0.25) is 0 Å². The van der Waals surface area contributed by atoms with Crippen LogP contribution >= 0.6 is 12.4 Å². The maximum absolute atomic E-state index is 13.3. The number of hydrogen-bond donors (Lipinski definition) is 3. The molecule has 0 radical (unpaired) electrons. The van der Waals surface area contributed by atoms with E-state index in [0.717, 1.165) is 32.0 Å². The van der Waals surface area contributed by atoms with Gasteiger partial charge in [0.25, 0.3) is 0 Å². The Bertz CT molecular complexity index is 797. The third-order valence-electron chi connectivity index (χ3n) is 4.53. The van der Waals surface area contributed by atoms with Gasteiger partial charge in [-0.25, -0.2) is 9.89 Å². The van der Waals surface area contributed by atoms with Gasteiger partial charge in [-0.2, -0.15) is 13.2 Å².